The molecule has 1 fully saturated rings. The maximum absolute atomic E-state index is 12.2. The van der Waals surface area contributed by atoms with Crippen molar-refractivity contribution in [2.24, 2.45) is 17.3 Å². The Morgan fingerprint density at radius 3 is 2.48 bits per heavy atom. The molecule has 0 aliphatic heterocycles. The number of anilines is 1. The normalized spacial score (nSPS) is 21.9. The molecule has 1 amide bonds. The summed E-state index contributed by atoms with van der Waals surface area (Å²) >= 11 is 5.21. The van der Waals surface area contributed by atoms with Gasteiger partial charge in [-0.1, -0.05) is 27.2 Å². The lowest BCUT2D eigenvalue weighted by Crippen LogP contribution is -2.47. The third-order valence-corrected chi connectivity index (χ3v) is 5.40. The molecule has 0 heterocycles. The van der Waals surface area contributed by atoms with E-state index in [0.717, 1.165) is 23.8 Å². The van der Waals surface area contributed by atoms with Crippen LogP contribution in [0.15, 0.2) is 24.3 Å². The summed E-state index contributed by atoms with van der Waals surface area (Å²) in [7, 11) is 1.62. The van der Waals surface area contributed by atoms with Crippen LogP contribution in [0.5, 0.6) is 5.75 Å². The van der Waals surface area contributed by atoms with E-state index in [-0.39, 0.29) is 11.3 Å². The molecule has 2 unspecified atom stereocenters. The summed E-state index contributed by atoms with van der Waals surface area (Å²) in [5, 5.41) is 6.13. The van der Waals surface area contributed by atoms with E-state index in [1.165, 1.54) is 6.42 Å². The van der Waals surface area contributed by atoms with E-state index in [2.05, 4.69) is 31.4 Å². The van der Waals surface area contributed by atoms with Gasteiger partial charge in [0.15, 0.2) is 5.11 Å². The lowest BCUT2D eigenvalue weighted by atomic mass is 9.53. The van der Waals surface area contributed by atoms with Crippen LogP contribution in [0.1, 0.15) is 40.0 Å². The summed E-state index contributed by atoms with van der Waals surface area (Å²) in [6.45, 7) is 6.74. The van der Waals surface area contributed by atoms with Crippen molar-refractivity contribution < 1.29 is 9.53 Å². The Morgan fingerprint density at radius 1 is 1.30 bits per heavy atom. The molecule has 1 aromatic carbocycles. The Labute approximate surface area is 144 Å². The van der Waals surface area contributed by atoms with Crippen LogP contribution in [0.4, 0.5) is 5.69 Å². The lowest BCUT2D eigenvalue weighted by Gasteiger charge is -2.52. The summed E-state index contributed by atoms with van der Waals surface area (Å²) in [6.07, 6.45) is 2.85. The zero-order valence-electron chi connectivity index (χ0n) is 14.3. The van der Waals surface area contributed by atoms with Crippen LogP contribution in [0.2, 0.25) is 0 Å². The van der Waals surface area contributed by atoms with Crippen LogP contribution in [0, 0.1) is 17.3 Å². The first-order valence-corrected chi connectivity index (χ1v) is 8.52. The maximum Gasteiger partial charge on any atom is 0.226 e. The fourth-order valence-electron chi connectivity index (χ4n) is 3.40. The number of benzene rings is 1. The highest BCUT2D eigenvalue weighted by atomic mass is 32.1. The molecule has 126 valence electrons. The number of thiocarbonyl (C=S) groups is 1. The second-order valence-electron chi connectivity index (χ2n) is 6.79. The Bertz CT molecular complexity index is 569. The smallest absolute Gasteiger partial charge is 0.226 e. The minimum atomic E-state index is -0.0105. The quantitative estimate of drug-likeness (QED) is 0.800. The first-order valence-electron chi connectivity index (χ1n) is 8.11. The zero-order chi connectivity index (χ0) is 17.0. The topological polar surface area (TPSA) is 50.4 Å². The number of carbonyl (C=O) groups excluding carboxylic acids is 1. The van der Waals surface area contributed by atoms with Gasteiger partial charge in [-0.2, -0.15) is 0 Å². The second kappa shape index (κ2) is 7.30. The van der Waals surface area contributed by atoms with Gasteiger partial charge in [-0.05, 0) is 60.2 Å². The van der Waals surface area contributed by atoms with Gasteiger partial charge in [-0.15, -0.1) is 0 Å². The molecule has 1 aromatic rings. The molecule has 0 radical (unpaired) electrons. The Hall–Kier alpha value is -1.62. The second-order valence-corrected chi connectivity index (χ2v) is 7.20. The summed E-state index contributed by atoms with van der Waals surface area (Å²) in [5.41, 5.74) is 1.07. The van der Waals surface area contributed by atoms with E-state index in [4.69, 9.17) is 17.0 Å². The third-order valence-electron chi connectivity index (χ3n) is 5.20. The third kappa shape index (κ3) is 4.22. The molecule has 1 saturated carbocycles. The van der Waals surface area contributed by atoms with Crippen molar-refractivity contribution in [3.05, 3.63) is 24.3 Å². The molecule has 5 heteroatoms. The highest BCUT2D eigenvalue weighted by molar-refractivity contribution is 7.80. The number of ether oxygens (including phenoxy) is 1. The number of methoxy groups -OCH3 is 1. The zero-order valence-corrected chi connectivity index (χ0v) is 15.1. The molecule has 2 atom stereocenters. The monoisotopic (exact) mass is 334 g/mol. The average molecular weight is 334 g/mol. The van der Waals surface area contributed by atoms with Crippen molar-refractivity contribution in [2.75, 3.05) is 12.4 Å². The van der Waals surface area contributed by atoms with Gasteiger partial charge in [0.1, 0.15) is 5.75 Å². The molecule has 0 saturated heterocycles. The Morgan fingerprint density at radius 2 is 1.96 bits per heavy atom. The van der Waals surface area contributed by atoms with Crippen molar-refractivity contribution in [2.45, 2.75) is 40.0 Å². The van der Waals surface area contributed by atoms with Crippen LogP contribution in [-0.4, -0.2) is 18.1 Å². The van der Waals surface area contributed by atoms with Gasteiger partial charge < -0.3 is 15.4 Å². The van der Waals surface area contributed by atoms with E-state index >= 15 is 0 Å². The van der Waals surface area contributed by atoms with Crippen molar-refractivity contribution in [1.29, 1.82) is 0 Å². The molecular formula is C18H26N2O2S. The SMILES string of the molecule is CCC1CC(CC(=O)NC(=S)Nc2ccc(OC)cc2)C1(C)C. The Balaban J connectivity index is 1.80. The lowest BCUT2D eigenvalue weighted by molar-refractivity contribution is -0.125. The van der Waals surface area contributed by atoms with Gasteiger partial charge >= 0.3 is 0 Å². The standard InChI is InChI=1S/C18H26N2O2S/c1-5-12-10-13(18(12,2)3)11-16(21)20-17(23)19-14-6-8-15(22-4)9-7-14/h6-9,12-13H,5,10-11H2,1-4H3,(H2,19,20,21,23). The molecule has 2 rings (SSSR count). The van der Waals surface area contributed by atoms with Gasteiger partial charge in [-0.3, -0.25) is 4.79 Å². The number of hydrogen-bond acceptors (Lipinski definition) is 3. The van der Waals surface area contributed by atoms with E-state index < -0.39 is 0 Å². The molecule has 1 aliphatic rings. The van der Waals surface area contributed by atoms with E-state index in [0.29, 0.717) is 17.5 Å². The maximum atomic E-state index is 12.2. The molecular weight excluding hydrogens is 308 g/mol. The van der Waals surface area contributed by atoms with Gasteiger partial charge in [-0.25, -0.2) is 0 Å². The molecule has 1 aliphatic carbocycles. The summed E-state index contributed by atoms with van der Waals surface area (Å²) in [4.78, 5) is 12.2. The van der Waals surface area contributed by atoms with Gasteiger partial charge in [0.25, 0.3) is 0 Å². The first-order chi connectivity index (χ1) is 10.9. The Kier molecular flexibility index (Phi) is 5.63. The summed E-state index contributed by atoms with van der Waals surface area (Å²) < 4.78 is 5.11. The minimum absolute atomic E-state index is 0.0105. The highest BCUT2D eigenvalue weighted by Crippen LogP contribution is 2.54. The largest absolute Gasteiger partial charge is 0.497 e. The number of rotatable bonds is 5. The van der Waals surface area contributed by atoms with Crippen molar-refractivity contribution in [3.63, 3.8) is 0 Å². The number of carbonyl (C=O) groups is 1. The molecule has 0 spiro atoms. The van der Waals surface area contributed by atoms with Gasteiger partial charge in [0.05, 0.1) is 7.11 Å². The van der Waals surface area contributed by atoms with Crippen LogP contribution in [0.3, 0.4) is 0 Å². The van der Waals surface area contributed by atoms with Crippen LogP contribution < -0.4 is 15.4 Å². The van der Waals surface area contributed by atoms with E-state index in [9.17, 15) is 4.79 Å². The van der Waals surface area contributed by atoms with Gasteiger partial charge in [0, 0.05) is 12.1 Å². The predicted octanol–water partition coefficient (Wildman–Crippen LogP) is 3.97. The number of nitrogens with one attached hydrogen (secondary N) is 2. The number of hydrogen-bond donors (Lipinski definition) is 2. The molecule has 0 bridgehead atoms. The first kappa shape index (κ1) is 17.7. The summed E-state index contributed by atoms with van der Waals surface area (Å²) in [5.74, 6) is 1.94. The van der Waals surface area contributed by atoms with Crippen LogP contribution >= 0.6 is 12.2 Å². The molecule has 2 N–H and O–H groups in total. The minimum Gasteiger partial charge on any atom is -0.497 e. The number of amides is 1. The summed E-state index contributed by atoms with van der Waals surface area (Å²) in [6, 6.07) is 7.40. The van der Waals surface area contributed by atoms with Crippen molar-refractivity contribution in [3.8, 4) is 5.75 Å². The van der Waals surface area contributed by atoms with Crippen molar-refractivity contribution in [1.82, 2.24) is 5.32 Å². The van der Waals surface area contributed by atoms with E-state index in [1.54, 1.807) is 7.11 Å². The average Bonchev–Trinajstić information content (AvgIpc) is 2.51. The van der Waals surface area contributed by atoms with Crippen LogP contribution in [0.25, 0.3) is 0 Å². The fourth-order valence-corrected chi connectivity index (χ4v) is 3.63. The fraction of sp³-hybridized carbons (Fsp3) is 0.556. The van der Waals surface area contributed by atoms with Crippen molar-refractivity contribution >= 4 is 28.9 Å². The molecule has 4 nitrogen and oxygen atoms in total. The van der Waals surface area contributed by atoms with Gasteiger partial charge in [0.2, 0.25) is 5.91 Å². The predicted molar refractivity (Wildman–Crippen MR) is 97.6 cm³/mol. The highest BCUT2D eigenvalue weighted by Gasteiger charge is 2.47. The molecule has 23 heavy (non-hydrogen) atoms. The van der Waals surface area contributed by atoms with E-state index in [1.807, 2.05) is 24.3 Å². The molecule has 0 aromatic heterocycles. The van der Waals surface area contributed by atoms with Crippen LogP contribution in [-0.2, 0) is 4.79 Å².